The second kappa shape index (κ2) is 5.69. The van der Waals surface area contributed by atoms with Crippen molar-refractivity contribution in [2.24, 2.45) is 11.8 Å². The van der Waals surface area contributed by atoms with Gasteiger partial charge in [0, 0.05) is 6.54 Å². The zero-order chi connectivity index (χ0) is 12.1. The molecule has 0 aromatic rings. The van der Waals surface area contributed by atoms with Crippen LogP contribution >= 0.6 is 0 Å². The van der Waals surface area contributed by atoms with Gasteiger partial charge in [0.15, 0.2) is 6.10 Å². The van der Waals surface area contributed by atoms with Gasteiger partial charge in [-0.1, -0.05) is 6.92 Å². The summed E-state index contributed by atoms with van der Waals surface area (Å²) in [4.78, 5) is 21.4. The van der Waals surface area contributed by atoms with Crippen molar-refractivity contribution in [2.75, 3.05) is 13.1 Å². The van der Waals surface area contributed by atoms with Crippen molar-refractivity contribution in [3.05, 3.63) is 0 Å². The number of aliphatic carboxylic acids is 1. The Balaban J connectivity index is 2.08. The SMILES string of the molecule is CC(CNC(=O)NC[C@H](O)C(=O)O)C1CC1. The molecule has 92 valence electrons. The molecule has 0 heterocycles. The third kappa shape index (κ3) is 4.48. The quantitative estimate of drug-likeness (QED) is 0.507. The number of carboxylic acids is 1. The van der Waals surface area contributed by atoms with Gasteiger partial charge < -0.3 is 20.8 Å². The predicted molar refractivity (Wildman–Crippen MR) is 56.9 cm³/mol. The van der Waals surface area contributed by atoms with Crippen LogP contribution in [0.5, 0.6) is 0 Å². The third-order valence-corrected chi connectivity index (χ3v) is 2.75. The number of nitrogens with one attached hydrogen (secondary N) is 2. The fraction of sp³-hybridized carbons (Fsp3) is 0.800. The van der Waals surface area contributed by atoms with Crippen molar-refractivity contribution in [3.8, 4) is 0 Å². The number of aliphatic hydroxyl groups excluding tert-OH is 1. The van der Waals surface area contributed by atoms with Crippen LogP contribution in [0.25, 0.3) is 0 Å². The lowest BCUT2D eigenvalue weighted by Crippen LogP contribution is -2.43. The van der Waals surface area contributed by atoms with Gasteiger partial charge in [-0.25, -0.2) is 9.59 Å². The lowest BCUT2D eigenvalue weighted by atomic mass is 10.1. The van der Waals surface area contributed by atoms with E-state index in [9.17, 15) is 9.59 Å². The molecule has 6 heteroatoms. The molecule has 2 amide bonds. The Bertz CT molecular complexity index is 266. The summed E-state index contributed by atoms with van der Waals surface area (Å²) in [5, 5.41) is 22.2. The predicted octanol–water partition coefficient (Wildman–Crippen LogP) is -0.223. The van der Waals surface area contributed by atoms with Crippen LogP contribution in [0, 0.1) is 11.8 Å². The van der Waals surface area contributed by atoms with E-state index in [0.717, 1.165) is 0 Å². The Morgan fingerprint density at radius 2 is 1.88 bits per heavy atom. The summed E-state index contributed by atoms with van der Waals surface area (Å²) in [5.41, 5.74) is 0. The van der Waals surface area contributed by atoms with E-state index in [2.05, 4.69) is 17.6 Å². The molecule has 0 aromatic carbocycles. The topological polar surface area (TPSA) is 98.7 Å². The van der Waals surface area contributed by atoms with Crippen molar-refractivity contribution >= 4 is 12.0 Å². The van der Waals surface area contributed by atoms with E-state index in [-0.39, 0.29) is 6.54 Å². The van der Waals surface area contributed by atoms with Crippen LogP contribution in [0.1, 0.15) is 19.8 Å². The molecule has 0 aromatic heterocycles. The molecule has 4 N–H and O–H groups in total. The third-order valence-electron chi connectivity index (χ3n) is 2.75. The summed E-state index contributed by atoms with van der Waals surface area (Å²) in [7, 11) is 0. The molecule has 1 aliphatic rings. The normalized spacial score (nSPS) is 18.6. The highest BCUT2D eigenvalue weighted by Gasteiger charge is 2.27. The first-order valence-corrected chi connectivity index (χ1v) is 5.43. The van der Waals surface area contributed by atoms with Gasteiger partial charge in [0.25, 0.3) is 0 Å². The molecule has 0 saturated heterocycles. The van der Waals surface area contributed by atoms with Crippen LogP contribution in [0.4, 0.5) is 4.79 Å². The first-order chi connectivity index (χ1) is 7.50. The van der Waals surface area contributed by atoms with Crippen molar-refractivity contribution in [1.82, 2.24) is 10.6 Å². The molecule has 1 saturated carbocycles. The highest BCUT2D eigenvalue weighted by Crippen LogP contribution is 2.35. The van der Waals surface area contributed by atoms with E-state index in [4.69, 9.17) is 10.2 Å². The Labute approximate surface area is 94.0 Å². The number of urea groups is 1. The molecular formula is C10H18N2O4. The number of aliphatic hydroxyl groups is 1. The maximum absolute atomic E-state index is 11.2. The molecule has 16 heavy (non-hydrogen) atoms. The fourth-order valence-electron chi connectivity index (χ4n) is 1.42. The number of carboxylic acid groups (broad SMARTS) is 1. The summed E-state index contributed by atoms with van der Waals surface area (Å²) >= 11 is 0. The summed E-state index contributed by atoms with van der Waals surface area (Å²) < 4.78 is 0. The van der Waals surface area contributed by atoms with Crippen molar-refractivity contribution in [1.29, 1.82) is 0 Å². The largest absolute Gasteiger partial charge is 0.479 e. The summed E-state index contributed by atoms with van der Waals surface area (Å²) in [6, 6.07) is -0.437. The summed E-state index contributed by atoms with van der Waals surface area (Å²) in [5.74, 6) is -0.174. The Morgan fingerprint density at radius 3 is 2.38 bits per heavy atom. The molecule has 6 nitrogen and oxygen atoms in total. The van der Waals surface area contributed by atoms with Gasteiger partial charge in [0.05, 0.1) is 6.54 Å². The van der Waals surface area contributed by atoms with Crippen LogP contribution in [-0.2, 0) is 4.79 Å². The second-order valence-corrected chi connectivity index (χ2v) is 4.26. The zero-order valence-electron chi connectivity index (χ0n) is 9.27. The van der Waals surface area contributed by atoms with Crippen LogP contribution in [0.15, 0.2) is 0 Å². The standard InChI is InChI=1S/C10H18N2O4/c1-6(7-2-3-7)4-11-10(16)12-5-8(13)9(14)15/h6-8,13H,2-5H2,1H3,(H,14,15)(H2,11,12,16)/t6?,8-/m0/s1. The van der Waals surface area contributed by atoms with Crippen molar-refractivity contribution < 1.29 is 19.8 Å². The smallest absolute Gasteiger partial charge is 0.334 e. The number of carbonyl (C=O) groups is 2. The second-order valence-electron chi connectivity index (χ2n) is 4.26. The number of rotatable bonds is 6. The lowest BCUT2D eigenvalue weighted by Gasteiger charge is -2.13. The minimum Gasteiger partial charge on any atom is -0.479 e. The molecule has 1 aliphatic carbocycles. The average Bonchev–Trinajstić information content (AvgIpc) is 3.05. The van der Waals surface area contributed by atoms with Gasteiger partial charge in [0.1, 0.15) is 0 Å². The summed E-state index contributed by atoms with van der Waals surface area (Å²) in [6.07, 6.45) is 0.899. The van der Waals surface area contributed by atoms with Gasteiger partial charge >= 0.3 is 12.0 Å². The zero-order valence-corrected chi connectivity index (χ0v) is 9.27. The van der Waals surface area contributed by atoms with Crippen molar-refractivity contribution in [3.63, 3.8) is 0 Å². The average molecular weight is 230 g/mol. The number of carbonyl (C=O) groups excluding carboxylic acids is 1. The molecule has 1 unspecified atom stereocenters. The maximum atomic E-state index is 11.2. The molecule has 1 rings (SSSR count). The Hall–Kier alpha value is -1.30. The number of hydrogen-bond donors (Lipinski definition) is 4. The van der Waals surface area contributed by atoms with E-state index in [1.807, 2.05) is 0 Å². The van der Waals surface area contributed by atoms with E-state index in [0.29, 0.717) is 18.4 Å². The van der Waals surface area contributed by atoms with Crippen LogP contribution in [0.2, 0.25) is 0 Å². The number of amides is 2. The molecule has 2 atom stereocenters. The van der Waals surface area contributed by atoms with E-state index >= 15 is 0 Å². The Morgan fingerprint density at radius 1 is 1.31 bits per heavy atom. The van der Waals surface area contributed by atoms with Gasteiger partial charge in [-0.15, -0.1) is 0 Å². The molecule has 0 spiro atoms. The van der Waals surface area contributed by atoms with E-state index in [1.165, 1.54) is 12.8 Å². The van der Waals surface area contributed by atoms with Gasteiger partial charge in [-0.05, 0) is 24.7 Å². The molecule has 0 aliphatic heterocycles. The molecular weight excluding hydrogens is 212 g/mol. The van der Waals surface area contributed by atoms with Crippen LogP contribution in [-0.4, -0.2) is 41.4 Å². The van der Waals surface area contributed by atoms with Crippen LogP contribution in [0.3, 0.4) is 0 Å². The minimum atomic E-state index is -1.55. The van der Waals surface area contributed by atoms with Crippen molar-refractivity contribution in [2.45, 2.75) is 25.9 Å². The lowest BCUT2D eigenvalue weighted by molar-refractivity contribution is -0.146. The first-order valence-electron chi connectivity index (χ1n) is 5.43. The summed E-state index contributed by atoms with van der Waals surface area (Å²) in [6.45, 7) is 2.38. The monoisotopic (exact) mass is 230 g/mol. The number of hydrogen-bond acceptors (Lipinski definition) is 3. The van der Waals surface area contributed by atoms with Gasteiger partial charge in [0.2, 0.25) is 0 Å². The van der Waals surface area contributed by atoms with Gasteiger partial charge in [-0.3, -0.25) is 0 Å². The van der Waals surface area contributed by atoms with E-state index in [1.54, 1.807) is 0 Å². The highest BCUT2D eigenvalue weighted by atomic mass is 16.4. The van der Waals surface area contributed by atoms with Gasteiger partial charge in [-0.2, -0.15) is 0 Å². The first kappa shape index (κ1) is 12.8. The van der Waals surface area contributed by atoms with E-state index < -0.39 is 18.1 Å². The van der Waals surface area contributed by atoms with Crippen LogP contribution < -0.4 is 10.6 Å². The maximum Gasteiger partial charge on any atom is 0.334 e. The minimum absolute atomic E-state index is 0.279. The fourth-order valence-corrected chi connectivity index (χ4v) is 1.42. The molecule has 0 radical (unpaired) electrons. The molecule has 0 bridgehead atoms. The Kier molecular flexibility index (Phi) is 4.54. The highest BCUT2D eigenvalue weighted by molar-refractivity contribution is 5.76. The molecule has 1 fully saturated rings.